The van der Waals surface area contributed by atoms with Gasteiger partial charge in [-0.25, -0.2) is 0 Å². The van der Waals surface area contributed by atoms with Crippen LogP contribution < -0.4 is 11.1 Å². The van der Waals surface area contributed by atoms with Gasteiger partial charge in [-0.15, -0.1) is 0 Å². The fourth-order valence-electron chi connectivity index (χ4n) is 1.26. The number of carbonyl (C=O) groups is 1. The molecule has 0 bridgehead atoms. The molecule has 0 saturated heterocycles. The van der Waals surface area contributed by atoms with Crippen LogP contribution in [0.1, 0.15) is 31.9 Å². The van der Waals surface area contributed by atoms with E-state index in [1.807, 2.05) is 6.92 Å². The van der Waals surface area contributed by atoms with Crippen LogP contribution in [-0.2, 0) is 11.8 Å². The smallest absolute Gasteiger partial charge is 0.241 e. The second-order valence-electron chi connectivity index (χ2n) is 4.49. The molecule has 1 rings (SSSR count). The third kappa shape index (κ3) is 3.83. The van der Waals surface area contributed by atoms with Crippen molar-refractivity contribution in [3.63, 3.8) is 0 Å². The van der Waals surface area contributed by atoms with Crippen LogP contribution in [0.5, 0.6) is 0 Å². The lowest BCUT2D eigenvalue weighted by atomic mass is 10.0. The van der Waals surface area contributed by atoms with Gasteiger partial charge in [0.2, 0.25) is 5.91 Å². The summed E-state index contributed by atoms with van der Waals surface area (Å²) in [5, 5.41) is 16.3. The molecule has 6 heteroatoms. The molecule has 2 unspecified atom stereocenters. The lowest BCUT2D eigenvalue weighted by Gasteiger charge is -2.22. The fourth-order valence-corrected chi connectivity index (χ4v) is 1.26. The average molecular weight is 240 g/mol. The molecule has 0 spiro atoms. The number of carbonyl (C=O) groups excluding carboxylic acids is 1. The Hall–Kier alpha value is -1.40. The Balaban J connectivity index is 2.54. The van der Waals surface area contributed by atoms with Gasteiger partial charge in [-0.3, -0.25) is 9.48 Å². The van der Waals surface area contributed by atoms with E-state index in [-0.39, 0.29) is 12.5 Å². The maximum absolute atomic E-state index is 11.7. The van der Waals surface area contributed by atoms with Crippen LogP contribution in [-0.4, -0.2) is 32.9 Å². The van der Waals surface area contributed by atoms with Gasteiger partial charge in [0.15, 0.2) is 0 Å². The van der Waals surface area contributed by atoms with E-state index in [0.29, 0.717) is 12.0 Å². The summed E-state index contributed by atoms with van der Waals surface area (Å²) < 4.78 is 1.59. The Morgan fingerprint density at radius 3 is 2.88 bits per heavy atom. The topological polar surface area (TPSA) is 93.2 Å². The largest absolute Gasteiger partial charge is 0.388 e. The molecule has 0 aliphatic carbocycles. The van der Waals surface area contributed by atoms with Gasteiger partial charge in [0.05, 0.1) is 11.8 Å². The maximum Gasteiger partial charge on any atom is 0.241 e. The molecule has 0 saturated carbocycles. The monoisotopic (exact) mass is 240 g/mol. The highest BCUT2D eigenvalue weighted by Gasteiger charge is 2.22. The lowest BCUT2D eigenvalue weighted by molar-refractivity contribution is -0.123. The molecule has 4 N–H and O–H groups in total. The first-order valence-electron chi connectivity index (χ1n) is 5.60. The summed E-state index contributed by atoms with van der Waals surface area (Å²) in [6, 6.07) is -0.753. The van der Waals surface area contributed by atoms with Crippen molar-refractivity contribution in [2.75, 3.05) is 6.54 Å². The standard InChI is InChI=1S/C11H20N4O2/c1-4-11(2,17)7-13-10(16)9(12)8-5-14-15(3)6-8/h5-6,9,17H,4,7,12H2,1-3H3,(H,13,16). The minimum Gasteiger partial charge on any atom is -0.388 e. The summed E-state index contributed by atoms with van der Waals surface area (Å²) in [6.45, 7) is 3.71. The molecule has 0 aromatic carbocycles. The number of nitrogens with two attached hydrogens (primary N) is 1. The predicted molar refractivity (Wildman–Crippen MR) is 64.1 cm³/mol. The van der Waals surface area contributed by atoms with Crippen molar-refractivity contribution in [2.45, 2.75) is 31.9 Å². The second-order valence-corrected chi connectivity index (χ2v) is 4.49. The van der Waals surface area contributed by atoms with Gasteiger partial charge < -0.3 is 16.2 Å². The minimum atomic E-state index is -0.898. The predicted octanol–water partition coefficient (Wildman–Crippen LogP) is -0.303. The van der Waals surface area contributed by atoms with Crippen LogP contribution in [0.3, 0.4) is 0 Å². The number of aromatic nitrogens is 2. The third-order valence-corrected chi connectivity index (χ3v) is 2.77. The van der Waals surface area contributed by atoms with E-state index >= 15 is 0 Å². The van der Waals surface area contributed by atoms with Crippen LogP contribution in [0.2, 0.25) is 0 Å². The van der Waals surface area contributed by atoms with E-state index < -0.39 is 11.6 Å². The van der Waals surface area contributed by atoms with Crippen molar-refractivity contribution >= 4 is 5.91 Å². The Morgan fingerprint density at radius 1 is 1.76 bits per heavy atom. The first-order valence-corrected chi connectivity index (χ1v) is 5.60. The molecule has 0 aliphatic rings. The SMILES string of the molecule is CCC(C)(O)CNC(=O)C(N)c1cnn(C)c1. The second kappa shape index (κ2) is 5.29. The van der Waals surface area contributed by atoms with Crippen molar-refractivity contribution < 1.29 is 9.90 Å². The summed E-state index contributed by atoms with van der Waals surface area (Å²) in [5.74, 6) is -0.313. The number of aliphatic hydroxyl groups is 1. The number of aryl methyl sites for hydroxylation is 1. The quantitative estimate of drug-likeness (QED) is 0.658. The van der Waals surface area contributed by atoms with Gasteiger partial charge in [-0.1, -0.05) is 6.92 Å². The highest BCUT2D eigenvalue weighted by atomic mass is 16.3. The molecule has 0 aliphatic heterocycles. The Bertz CT molecular complexity index is 387. The highest BCUT2D eigenvalue weighted by Crippen LogP contribution is 2.10. The van der Waals surface area contributed by atoms with E-state index in [0.717, 1.165) is 0 Å². The molecule has 6 nitrogen and oxygen atoms in total. The molecule has 1 aromatic heterocycles. The van der Waals surface area contributed by atoms with Crippen molar-refractivity contribution in [3.05, 3.63) is 18.0 Å². The summed E-state index contributed by atoms with van der Waals surface area (Å²) in [5.41, 5.74) is 5.53. The number of hydrogen-bond donors (Lipinski definition) is 3. The lowest BCUT2D eigenvalue weighted by Crippen LogP contribution is -2.43. The molecule has 0 fully saturated rings. The fraction of sp³-hybridized carbons (Fsp3) is 0.636. The number of amides is 1. The number of nitrogens with zero attached hydrogens (tertiary/aromatic N) is 2. The van der Waals surface area contributed by atoms with E-state index in [1.165, 1.54) is 0 Å². The van der Waals surface area contributed by atoms with Crippen molar-refractivity contribution in [1.29, 1.82) is 0 Å². The normalized spacial score (nSPS) is 16.3. The van der Waals surface area contributed by atoms with Crippen molar-refractivity contribution in [3.8, 4) is 0 Å². The third-order valence-electron chi connectivity index (χ3n) is 2.77. The van der Waals surface area contributed by atoms with E-state index in [1.54, 1.807) is 31.0 Å². The zero-order valence-electron chi connectivity index (χ0n) is 10.5. The van der Waals surface area contributed by atoms with Gasteiger partial charge >= 0.3 is 0 Å². The van der Waals surface area contributed by atoms with Crippen LogP contribution in [0.25, 0.3) is 0 Å². The molecule has 96 valence electrons. The van der Waals surface area contributed by atoms with Gasteiger partial charge in [0.25, 0.3) is 0 Å². The summed E-state index contributed by atoms with van der Waals surface area (Å²) >= 11 is 0. The molecule has 1 heterocycles. The van der Waals surface area contributed by atoms with E-state index in [2.05, 4.69) is 10.4 Å². The van der Waals surface area contributed by atoms with Crippen LogP contribution in [0.4, 0.5) is 0 Å². The first-order chi connectivity index (χ1) is 7.85. The zero-order valence-corrected chi connectivity index (χ0v) is 10.5. The highest BCUT2D eigenvalue weighted by molar-refractivity contribution is 5.82. The molecular formula is C11H20N4O2. The van der Waals surface area contributed by atoms with Crippen molar-refractivity contribution in [2.24, 2.45) is 12.8 Å². The molecule has 2 atom stereocenters. The number of hydrogen-bond acceptors (Lipinski definition) is 4. The van der Waals surface area contributed by atoms with Gasteiger partial charge in [-0.05, 0) is 13.3 Å². The maximum atomic E-state index is 11.7. The van der Waals surface area contributed by atoms with E-state index in [4.69, 9.17) is 5.73 Å². The minimum absolute atomic E-state index is 0.191. The Morgan fingerprint density at radius 2 is 2.41 bits per heavy atom. The molecule has 0 radical (unpaired) electrons. The number of nitrogens with one attached hydrogen (secondary N) is 1. The summed E-state index contributed by atoms with van der Waals surface area (Å²) in [4.78, 5) is 11.7. The number of rotatable bonds is 5. The molecular weight excluding hydrogens is 220 g/mol. The first kappa shape index (κ1) is 13.7. The molecule has 1 amide bonds. The Kier molecular flexibility index (Phi) is 4.25. The molecule has 17 heavy (non-hydrogen) atoms. The van der Waals surface area contributed by atoms with Crippen LogP contribution in [0.15, 0.2) is 12.4 Å². The van der Waals surface area contributed by atoms with Gasteiger partial charge in [0, 0.05) is 25.4 Å². The van der Waals surface area contributed by atoms with Gasteiger partial charge in [-0.2, -0.15) is 5.10 Å². The van der Waals surface area contributed by atoms with Crippen LogP contribution >= 0.6 is 0 Å². The van der Waals surface area contributed by atoms with Gasteiger partial charge in [0.1, 0.15) is 6.04 Å². The summed E-state index contributed by atoms with van der Waals surface area (Å²) in [7, 11) is 1.76. The molecule has 1 aromatic rings. The summed E-state index contributed by atoms with van der Waals surface area (Å²) in [6.07, 6.45) is 3.82. The van der Waals surface area contributed by atoms with Crippen molar-refractivity contribution in [1.82, 2.24) is 15.1 Å². The van der Waals surface area contributed by atoms with E-state index in [9.17, 15) is 9.90 Å². The average Bonchev–Trinajstić information content (AvgIpc) is 2.72. The zero-order chi connectivity index (χ0) is 13.1. The Labute approximate surface area is 101 Å². The van der Waals surface area contributed by atoms with Crippen LogP contribution in [0, 0.1) is 0 Å².